The molecule has 0 aliphatic rings. The molecule has 0 aliphatic heterocycles. The Labute approximate surface area is 159 Å². The highest BCUT2D eigenvalue weighted by atomic mass is 32.2. The van der Waals surface area contributed by atoms with Gasteiger partial charge in [-0.1, -0.05) is 53.7 Å². The van der Waals surface area contributed by atoms with Gasteiger partial charge in [0, 0.05) is 17.9 Å². The van der Waals surface area contributed by atoms with Crippen LogP contribution in [0.2, 0.25) is 0 Å². The van der Waals surface area contributed by atoms with Crippen LogP contribution in [0.1, 0.15) is 16.7 Å². The Kier molecular flexibility index (Phi) is 5.70. The lowest BCUT2D eigenvalue weighted by atomic mass is 10.1. The lowest BCUT2D eigenvalue weighted by Gasteiger charge is -2.09. The fraction of sp³-hybridized carbons (Fsp3) is 0.200. The molecule has 3 rings (SSSR count). The third-order valence-corrected chi connectivity index (χ3v) is 4.99. The van der Waals surface area contributed by atoms with Gasteiger partial charge in [0.2, 0.25) is 0 Å². The van der Waals surface area contributed by atoms with E-state index in [1.165, 1.54) is 23.9 Å². The molecule has 0 unspecified atom stereocenters. The first-order valence-electron chi connectivity index (χ1n) is 8.28. The number of hydrogen-bond acceptors (Lipinski definition) is 3. The zero-order valence-corrected chi connectivity index (χ0v) is 15.5. The van der Waals surface area contributed by atoms with E-state index in [2.05, 4.69) is 16.8 Å². The number of aryl methyl sites for hydroxylation is 1. The van der Waals surface area contributed by atoms with Crippen LogP contribution in [-0.2, 0) is 18.5 Å². The van der Waals surface area contributed by atoms with Crippen molar-refractivity contribution in [3.63, 3.8) is 0 Å². The van der Waals surface area contributed by atoms with Gasteiger partial charge < -0.3 is 0 Å². The molecule has 140 valence electrons. The molecule has 0 bridgehead atoms. The van der Waals surface area contributed by atoms with Crippen LogP contribution in [0.3, 0.4) is 0 Å². The van der Waals surface area contributed by atoms with Crippen LogP contribution in [0.15, 0.2) is 66.3 Å². The third kappa shape index (κ3) is 4.60. The van der Waals surface area contributed by atoms with Crippen LogP contribution in [0.5, 0.6) is 0 Å². The molecule has 3 nitrogen and oxygen atoms in total. The number of halogens is 3. The van der Waals surface area contributed by atoms with Crippen molar-refractivity contribution in [1.82, 2.24) is 14.8 Å². The molecule has 27 heavy (non-hydrogen) atoms. The topological polar surface area (TPSA) is 30.7 Å². The minimum Gasteiger partial charge on any atom is -0.298 e. The third-order valence-electron chi connectivity index (χ3n) is 3.95. The molecule has 0 spiro atoms. The molecular weight excluding hydrogens is 371 g/mol. The van der Waals surface area contributed by atoms with Crippen LogP contribution in [0.4, 0.5) is 13.2 Å². The summed E-state index contributed by atoms with van der Waals surface area (Å²) in [6.07, 6.45) is -2.55. The van der Waals surface area contributed by atoms with E-state index in [-0.39, 0.29) is 0 Å². The molecule has 0 saturated carbocycles. The van der Waals surface area contributed by atoms with Crippen LogP contribution in [0, 0.1) is 6.92 Å². The molecule has 0 aliphatic carbocycles. The largest absolute Gasteiger partial charge is 0.416 e. The predicted octanol–water partition coefficient (Wildman–Crippen LogP) is 5.75. The molecule has 0 atom stereocenters. The van der Waals surface area contributed by atoms with Gasteiger partial charge in [-0.15, -0.1) is 16.8 Å². The summed E-state index contributed by atoms with van der Waals surface area (Å²) in [6, 6.07) is 13.2. The molecule has 7 heteroatoms. The van der Waals surface area contributed by atoms with Crippen LogP contribution < -0.4 is 0 Å². The quantitative estimate of drug-likeness (QED) is 0.397. The number of alkyl halides is 3. The normalized spacial score (nSPS) is 11.6. The molecular formula is C20H18F3N3S. The van der Waals surface area contributed by atoms with E-state index in [4.69, 9.17) is 0 Å². The summed E-state index contributed by atoms with van der Waals surface area (Å²) >= 11 is 1.43. The number of benzene rings is 2. The Morgan fingerprint density at radius 2 is 1.85 bits per heavy atom. The fourth-order valence-corrected chi connectivity index (χ4v) is 3.53. The summed E-state index contributed by atoms with van der Waals surface area (Å²) in [7, 11) is 0. The smallest absolute Gasteiger partial charge is 0.298 e. The second-order valence-corrected chi connectivity index (χ2v) is 7.00. The number of aromatic nitrogens is 3. The van der Waals surface area contributed by atoms with Crippen LogP contribution in [0.25, 0.3) is 11.4 Å². The van der Waals surface area contributed by atoms with E-state index >= 15 is 0 Å². The van der Waals surface area contributed by atoms with Gasteiger partial charge in [-0.25, -0.2) is 0 Å². The highest BCUT2D eigenvalue weighted by Crippen LogP contribution is 2.31. The monoisotopic (exact) mass is 389 g/mol. The van der Waals surface area contributed by atoms with E-state index in [1.54, 1.807) is 6.08 Å². The average molecular weight is 389 g/mol. The lowest BCUT2D eigenvalue weighted by molar-refractivity contribution is -0.137. The molecule has 2 aromatic carbocycles. The molecule has 0 radical (unpaired) electrons. The summed E-state index contributed by atoms with van der Waals surface area (Å²) < 4.78 is 39.9. The zero-order valence-electron chi connectivity index (χ0n) is 14.7. The molecule has 3 aromatic rings. The Balaban J connectivity index is 1.80. The molecule has 1 aromatic heterocycles. The minimum absolute atomic E-state index is 0.501. The molecule has 0 saturated heterocycles. The Hall–Kier alpha value is -2.54. The van der Waals surface area contributed by atoms with Crippen molar-refractivity contribution in [2.24, 2.45) is 0 Å². The summed E-state index contributed by atoms with van der Waals surface area (Å²) in [5.74, 6) is 1.25. The van der Waals surface area contributed by atoms with E-state index in [0.29, 0.717) is 17.5 Å². The number of rotatable bonds is 6. The number of thioether (sulfide) groups is 1. The standard InChI is InChI=1S/C20H18F3N3S/c1-3-11-26-18(16-6-4-5-14(2)12-16)24-25-19(26)27-13-15-7-9-17(10-8-15)20(21,22)23/h3-10,12H,1,11,13H2,2H3. The highest BCUT2D eigenvalue weighted by molar-refractivity contribution is 7.98. The van der Waals surface area contributed by atoms with Gasteiger partial charge in [0.1, 0.15) is 0 Å². The number of hydrogen-bond donors (Lipinski definition) is 0. The SMILES string of the molecule is C=CCn1c(SCc2ccc(C(F)(F)F)cc2)nnc1-c1cccc(C)c1. The van der Waals surface area contributed by atoms with Gasteiger partial charge in [-0.2, -0.15) is 13.2 Å². The fourth-order valence-electron chi connectivity index (χ4n) is 2.62. The maximum absolute atomic E-state index is 12.7. The summed E-state index contributed by atoms with van der Waals surface area (Å²) in [6.45, 7) is 6.35. The molecule has 0 fully saturated rings. The van der Waals surface area contributed by atoms with E-state index in [1.807, 2.05) is 35.8 Å². The van der Waals surface area contributed by atoms with Crippen molar-refractivity contribution in [2.75, 3.05) is 0 Å². The first kappa shape index (κ1) is 19.2. The van der Waals surface area contributed by atoms with Crippen molar-refractivity contribution >= 4 is 11.8 Å². The van der Waals surface area contributed by atoms with Crippen molar-refractivity contribution < 1.29 is 13.2 Å². The predicted molar refractivity (Wildman–Crippen MR) is 101 cm³/mol. The van der Waals surface area contributed by atoms with Gasteiger partial charge >= 0.3 is 6.18 Å². The van der Waals surface area contributed by atoms with E-state index < -0.39 is 11.7 Å². The maximum atomic E-state index is 12.7. The van der Waals surface area contributed by atoms with Crippen molar-refractivity contribution in [3.05, 3.63) is 77.9 Å². The Morgan fingerprint density at radius 3 is 2.48 bits per heavy atom. The van der Waals surface area contributed by atoms with E-state index in [0.717, 1.165) is 34.6 Å². The molecule has 0 amide bonds. The van der Waals surface area contributed by atoms with Crippen LogP contribution in [-0.4, -0.2) is 14.8 Å². The Morgan fingerprint density at radius 1 is 1.11 bits per heavy atom. The second-order valence-electron chi connectivity index (χ2n) is 6.06. The Bertz CT molecular complexity index is 930. The van der Waals surface area contributed by atoms with E-state index in [9.17, 15) is 13.2 Å². The first-order valence-corrected chi connectivity index (χ1v) is 9.27. The maximum Gasteiger partial charge on any atom is 0.416 e. The van der Waals surface area contributed by atoms with Gasteiger partial charge in [-0.05, 0) is 30.7 Å². The minimum atomic E-state index is -4.32. The summed E-state index contributed by atoms with van der Waals surface area (Å²) in [5, 5.41) is 9.26. The van der Waals surface area contributed by atoms with Gasteiger partial charge in [0.25, 0.3) is 0 Å². The van der Waals surface area contributed by atoms with Crippen molar-refractivity contribution in [3.8, 4) is 11.4 Å². The summed E-state index contributed by atoms with van der Waals surface area (Å²) in [4.78, 5) is 0. The number of allylic oxidation sites excluding steroid dienone is 1. The van der Waals surface area contributed by atoms with Crippen molar-refractivity contribution in [2.45, 2.75) is 30.6 Å². The van der Waals surface area contributed by atoms with Gasteiger partial charge in [0.05, 0.1) is 5.56 Å². The molecule has 1 heterocycles. The highest BCUT2D eigenvalue weighted by Gasteiger charge is 2.29. The average Bonchev–Trinajstić information content (AvgIpc) is 3.03. The van der Waals surface area contributed by atoms with Crippen molar-refractivity contribution in [1.29, 1.82) is 0 Å². The van der Waals surface area contributed by atoms with Crippen LogP contribution >= 0.6 is 11.8 Å². The summed E-state index contributed by atoms with van der Waals surface area (Å²) in [5.41, 5.74) is 2.23. The first-order chi connectivity index (χ1) is 12.9. The van der Waals surface area contributed by atoms with Gasteiger partial charge in [0.15, 0.2) is 11.0 Å². The van der Waals surface area contributed by atoms with Gasteiger partial charge in [-0.3, -0.25) is 4.57 Å². The zero-order chi connectivity index (χ0) is 19.4. The second kappa shape index (κ2) is 8.00. The molecule has 0 N–H and O–H groups in total. The number of nitrogens with zero attached hydrogens (tertiary/aromatic N) is 3. The lowest BCUT2D eigenvalue weighted by Crippen LogP contribution is -2.04.